The van der Waals surface area contributed by atoms with Crippen molar-refractivity contribution in [2.45, 2.75) is 31.6 Å². The van der Waals surface area contributed by atoms with Crippen LogP contribution in [-0.2, 0) is 0 Å². The topological polar surface area (TPSA) is 72.3 Å². The summed E-state index contributed by atoms with van der Waals surface area (Å²) in [5.74, 6) is -0.586. The van der Waals surface area contributed by atoms with E-state index in [1.54, 1.807) is 6.07 Å². The van der Waals surface area contributed by atoms with Crippen molar-refractivity contribution in [3.05, 3.63) is 17.3 Å². The maximum Gasteiger partial charge on any atom is 0.341 e. The van der Waals surface area contributed by atoms with Crippen molar-refractivity contribution in [1.29, 1.82) is 0 Å². The second-order valence-corrected chi connectivity index (χ2v) is 3.98. The second kappa shape index (κ2) is 4.47. The van der Waals surface area contributed by atoms with Crippen LogP contribution in [0, 0.1) is 0 Å². The van der Waals surface area contributed by atoms with E-state index in [1.807, 2.05) is 0 Å². The number of aromatic nitrogens is 2. The number of aromatic carboxylic acids is 1. The van der Waals surface area contributed by atoms with Gasteiger partial charge in [-0.05, 0) is 18.9 Å². The van der Waals surface area contributed by atoms with Gasteiger partial charge in [-0.1, -0.05) is 12.8 Å². The van der Waals surface area contributed by atoms with Crippen LogP contribution in [0.5, 0.6) is 5.88 Å². The molecule has 1 fully saturated rings. The average molecular weight is 222 g/mol. The number of rotatable bonds is 3. The zero-order valence-electron chi connectivity index (χ0n) is 9.14. The van der Waals surface area contributed by atoms with Crippen LogP contribution < -0.4 is 4.74 Å². The summed E-state index contributed by atoms with van der Waals surface area (Å²) < 4.78 is 4.87. The fourth-order valence-corrected chi connectivity index (χ4v) is 2.12. The van der Waals surface area contributed by atoms with Crippen LogP contribution in [-0.4, -0.2) is 28.4 Å². The molecule has 0 aromatic carbocycles. The van der Waals surface area contributed by atoms with Crippen molar-refractivity contribution in [3.63, 3.8) is 0 Å². The van der Waals surface area contributed by atoms with Gasteiger partial charge in [0.1, 0.15) is 5.56 Å². The summed E-state index contributed by atoms with van der Waals surface area (Å²) in [4.78, 5) is 11.0. The van der Waals surface area contributed by atoms with E-state index in [0.29, 0.717) is 5.92 Å². The maximum atomic E-state index is 11.0. The van der Waals surface area contributed by atoms with Gasteiger partial charge in [-0.3, -0.25) is 0 Å². The van der Waals surface area contributed by atoms with Gasteiger partial charge in [0.2, 0.25) is 5.88 Å². The van der Waals surface area contributed by atoms with Crippen molar-refractivity contribution in [1.82, 2.24) is 10.2 Å². The molecule has 0 saturated heterocycles. The predicted octanol–water partition coefficient (Wildman–Crippen LogP) is 1.84. The van der Waals surface area contributed by atoms with Gasteiger partial charge in [0.25, 0.3) is 0 Å². The Bertz CT molecular complexity index is 400. The van der Waals surface area contributed by atoms with Gasteiger partial charge in [-0.25, -0.2) is 4.79 Å². The first-order valence-corrected chi connectivity index (χ1v) is 5.37. The Morgan fingerprint density at radius 3 is 2.69 bits per heavy atom. The lowest BCUT2D eigenvalue weighted by Crippen LogP contribution is -2.07. The van der Waals surface area contributed by atoms with Crippen LogP contribution in [0.25, 0.3) is 0 Å². The zero-order valence-corrected chi connectivity index (χ0v) is 9.14. The van der Waals surface area contributed by atoms with Crippen molar-refractivity contribution in [3.8, 4) is 5.88 Å². The number of carbonyl (C=O) groups is 1. The van der Waals surface area contributed by atoms with Crippen molar-refractivity contribution in [2.75, 3.05) is 7.11 Å². The standard InChI is InChI=1S/C11H14N2O3/c1-16-10-8(11(14)15)6-9(12-13-10)7-4-2-3-5-7/h6-7H,2-5H2,1H3,(H,14,15). The lowest BCUT2D eigenvalue weighted by atomic mass is 10.0. The molecule has 5 heteroatoms. The highest BCUT2D eigenvalue weighted by Crippen LogP contribution is 2.33. The van der Waals surface area contributed by atoms with Crippen LogP contribution in [0.15, 0.2) is 6.07 Å². The molecule has 0 radical (unpaired) electrons. The quantitative estimate of drug-likeness (QED) is 0.844. The van der Waals surface area contributed by atoms with Gasteiger partial charge in [0, 0.05) is 5.92 Å². The molecule has 0 bridgehead atoms. The van der Waals surface area contributed by atoms with E-state index in [-0.39, 0.29) is 11.4 Å². The van der Waals surface area contributed by atoms with E-state index in [0.717, 1.165) is 18.5 Å². The van der Waals surface area contributed by atoms with E-state index in [9.17, 15) is 4.79 Å². The molecular weight excluding hydrogens is 208 g/mol. The van der Waals surface area contributed by atoms with Crippen molar-refractivity contribution in [2.24, 2.45) is 0 Å². The Labute approximate surface area is 93.5 Å². The zero-order chi connectivity index (χ0) is 11.5. The number of hydrogen-bond acceptors (Lipinski definition) is 4. The Morgan fingerprint density at radius 1 is 1.44 bits per heavy atom. The largest absolute Gasteiger partial charge is 0.479 e. The molecule has 1 aromatic heterocycles. The van der Waals surface area contributed by atoms with E-state index in [4.69, 9.17) is 9.84 Å². The Hall–Kier alpha value is -1.65. The summed E-state index contributed by atoms with van der Waals surface area (Å²) in [5, 5.41) is 16.9. The highest BCUT2D eigenvalue weighted by atomic mass is 16.5. The molecule has 16 heavy (non-hydrogen) atoms. The molecule has 1 aliphatic rings. The molecule has 1 heterocycles. The number of nitrogens with zero attached hydrogens (tertiary/aromatic N) is 2. The van der Waals surface area contributed by atoms with Crippen molar-refractivity contribution >= 4 is 5.97 Å². The van der Waals surface area contributed by atoms with E-state index >= 15 is 0 Å². The van der Waals surface area contributed by atoms with Crippen LogP contribution in [0.2, 0.25) is 0 Å². The minimum Gasteiger partial charge on any atom is -0.479 e. The van der Waals surface area contributed by atoms with Gasteiger partial charge < -0.3 is 9.84 Å². The Balaban J connectivity index is 2.34. The minimum absolute atomic E-state index is 0.0780. The molecule has 1 saturated carbocycles. The first-order valence-electron chi connectivity index (χ1n) is 5.37. The van der Waals surface area contributed by atoms with Gasteiger partial charge in [-0.15, -0.1) is 5.10 Å². The van der Waals surface area contributed by atoms with Gasteiger partial charge >= 0.3 is 5.97 Å². The third-order valence-corrected chi connectivity index (χ3v) is 2.98. The van der Waals surface area contributed by atoms with Crippen LogP contribution in [0.3, 0.4) is 0 Å². The second-order valence-electron chi connectivity index (χ2n) is 3.98. The van der Waals surface area contributed by atoms with Gasteiger partial charge in [0.15, 0.2) is 0 Å². The maximum absolute atomic E-state index is 11.0. The number of carboxylic acid groups (broad SMARTS) is 1. The Morgan fingerprint density at radius 2 is 2.12 bits per heavy atom. The molecule has 1 aromatic rings. The van der Waals surface area contributed by atoms with Crippen LogP contribution in [0.4, 0.5) is 0 Å². The third-order valence-electron chi connectivity index (χ3n) is 2.98. The van der Waals surface area contributed by atoms with Gasteiger partial charge in [0.05, 0.1) is 12.8 Å². The smallest absolute Gasteiger partial charge is 0.341 e. The van der Waals surface area contributed by atoms with E-state index < -0.39 is 5.97 Å². The first-order chi connectivity index (χ1) is 7.72. The SMILES string of the molecule is COc1nnc(C2CCCC2)cc1C(=O)O. The third kappa shape index (κ3) is 1.98. The molecule has 86 valence electrons. The molecule has 2 rings (SSSR count). The highest BCUT2D eigenvalue weighted by molar-refractivity contribution is 5.90. The number of methoxy groups -OCH3 is 1. The molecule has 1 N–H and O–H groups in total. The summed E-state index contributed by atoms with van der Waals surface area (Å²) in [5.41, 5.74) is 0.870. The van der Waals surface area contributed by atoms with Gasteiger partial charge in [-0.2, -0.15) is 5.10 Å². The van der Waals surface area contributed by atoms with Crippen molar-refractivity contribution < 1.29 is 14.6 Å². The Kier molecular flexibility index (Phi) is 3.03. The monoisotopic (exact) mass is 222 g/mol. The van der Waals surface area contributed by atoms with E-state index in [2.05, 4.69) is 10.2 Å². The number of hydrogen-bond donors (Lipinski definition) is 1. The first kappa shape index (κ1) is 10.9. The molecule has 0 unspecified atom stereocenters. The molecule has 0 amide bonds. The summed E-state index contributed by atoms with van der Waals surface area (Å²) in [6, 6.07) is 1.59. The van der Waals surface area contributed by atoms with E-state index in [1.165, 1.54) is 20.0 Å². The fraction of sp³-hybridized carbons (Fsp3) is 0.545. The molecule has 0 atom stereocenters. The minimum atomic E-state index is -1.02. The lowest BCUT2D eigenvalue weighted by Gasteiger charge is -2.09. The highest BCUT2D eigenvalue weighted by Gasteiger charge is 2.22. The summed E-state index contributed by atoms with van der Waals surface area (Å²) >= 11 is 0. The summed E-state index contributed by atoms with van der Waals surface area (Å²) in [7, 11) is 1.39. The van der Waals surface area contributed by atoms with Crippen LogP contribution >= 0.6 is 0 Å². The average Bonchev–Trinajstić information content (AvgIpc) is 2.81. The molecule has 5 nitrogen and oxygen atoms in total. The number of carboxylic acids is 1. The predicted molar refractivity (Wildman–Crippen MR) is 56.8 cm³/mol. The molecule has 0 aliphatic heterocycles. The summed E-state index contributed by atoms with van der Waals surface area (Å²) in [6.07, 6.45) is 4.50. The molecular formula is C11H14N2O3. The molecule has 0 spiro atoms. The lowest BCUT2D eigenvalue weighted by molar-refractivity contribution is 0.0691. The van der Waals surface area contributed by atoms with Crippen LogP contribution in [0.1, 0.15) is 47.7 Å². The summed E-state index contributed by atoms with van der Waals surface area (Å²) in [6.45, 7) is 0. The fourth-order valence-electron chi connectivity index (χ4n) is 2.12. The number of ether oxygens (including phenoxy) is 1. The normalized spacial score (nSPS) is 16.3. The molecule has 1 aliphatic carbocycles.